The molecule has 4 rings (SSSR count). The van der Waals surface area contributed by atoms with Crippen LogP contribution in [-0.4, -0.2) is 29.3 Å². The molecule has 110 valence electrons. The van der Waals surface area contributed by atoms with Crippen LogP contribution in [0.25, 0.3) is 10.6 Å². The fourth-order valence-corrected chi connectivity index (χ4v) is 3.63. The van der Waals surface area contributed by atoms with Gasteiger partial charge in [0, 0.05) is 11.6 Å². The molecule has 1 aliphatic heterocycles. The second-order valence-corrected chi connectivity index (χ2v) is 6.44. The Bertz CT molecular complexity index is 687. The molecule has 0 radical (unpaired) electrons. The Morgan fingerprint density at radius 2 is 2.24 bits per heavy atom. The van der Waals surface area contributed by atoms with Crippen molar-refractivity contribution in [3.05, 3.63) is 17.1 Å². The third-order valence-electron chi connectivity index (χ3n) is 4.12. The van der Waals surface area contributed by atoms with Gasteiger partial charge in [0.25, 0.3) is 0 Å². The summed E-state index contributed by atoms with van der Waals surface area (Å²) < 4.78 is 13.2. The van der Waals surface area contributed by atoms with Crippen molar-refractivity contribution in [3.8, 4) is 22.1 Å². The zero-order valence-corrected chi connectivity index (χ0v) is 12.6. The standard InChI is InChI=1S/C15H16N2O3S/c1-9(10-2-3-10)17-6-11(7-18)13(16-17)15-14-12(8-21-15)19-4-5-20-14/h6-10H,2-5H2,1H3. The van der Waals surface area contributed by atoms with Crippen molar-refractivity contribution in [2.24, 2.45) is 5.92 Å². The first kappa shape index (κ1) is 12.9. The number of aldehydes is 1. The maximum absolute atomic E-state index is 11.4. The van der Waals surface area contributed by atoms with E-state index in [4.69, 9.17) is 9.47 Å². The van der Waals surface area contributed by atoms with Gasteiger partial charge >= 0.3 is 0 Å². The molecule has 1 saturated carbocycles. The Balaban J connectivity index is 1.76. The molecule has 2 aromatic rings. The third kappa shape index (κ3) is 2.14. The van der Waals surface area contributed by atoms with Crippen molar-refractivity contribution in [3.63, 3.8) is 0 Å². The SMILES string of the molecule is CC(C1CC1)n1cc(C=O)c(-c2scc3c2OCCO3)n1. The average molecular weight is 304 g/mol. The van der Waals surface area contributed by atoms with Gasteiger partial charge in [-0.3, -0.25) is 9.48 Å². The number of rotatable bonds is 4. The number of carbonyl (C=O) groups excluding carboxylic acids is 1. The Labute approximate surface area is 126 Å². The summed E-state index contributed by atoms with van der Waals surface area (Å²) in [6.07, 6.45) is 5.21. The maximum Gasteiger partial charge on any atom is 0.181 e. The van der Waals surface area contributed by atoms with Gasteiger partial charge in [-0.05, 0) is 25.7 Å². The molecule has 21 heavy (non-hydrogen) atoms. The highest BCUT2D eigenvalue weighted by Crippen LogP contribution is 2.46. The zero-order chi connectivity index (χ0) is 14.4. The molecule has 1 aliphatic carbocycles. The molecule has 6 heteroatoms. The first-order valence-corrected chi connectivity index (χ1v) is 8.07. The monoisotopic (exact) mass is 304 g/mol. The third-order valence-corrected chi connectivity index (χ3v) is 5.07. The van der Waals surface area contributed by atoms with Crippen molar-refractivity contribution in [1.29, 1.82) is 0 Å². The molecule has 0 bridgehead atoms. The second kappa shape index (κ2) is 4.87. The molecule has 1 unspecified atom stereocenters. The van der Waals surface area contributed by atoms with E-state index in [1.807, 2.05) is 16.3 Å². The van der Waals surface area contributed by atoms with Crippen LogP contribution in [0.15, 0.2) is 11.6 Å². The van der Waals surface area contributed by atoms with Gasteiger partial charge < -0.3 is 9.47 Å². The number of nitrogens with zero attached hydrogens (tertiary/aromatic N) is 2. The van der Waals surface area contributed by atoms with Crippen LogP contribution in [0, 0.1) is 5.92 Å². The van der Waals surface area contributed by atoms with E-state index in [2.05, 4.69) is 12.0 Å². The Morgan fingerprint density at radius 1 is 1.43 bits per heavy atom. The van der Waals surface area contributed by atoms with Crippen LogP contribution < -0.4 is 9.47 Å². The summed E-state index contributed by atoms with van der Waals surface area (Å²) in [5.41, 5.74) is 1.32. The van der Waals surface area contributed by atoms with Crippen LogP contribution in [0.3, 0.4) is 0 Å². The summed E-state index contributed by atoms with van der Waals surface area (Å²) >= 11 is 1.51. The van der Waals surface area contributed by atoms with Crippen molar-refractivity contribution < 1.29 is 14.3 Å². The molecular weight excluding hydrogens is 288 g/mol. The number of hydrogen-bond donors (Lipinski definition) is 0. The number of carbonyl (C=O) groups is 1. The maximum atomic E-state index is 11.4. The molecule has 0 amide bonds. The number of hydrogen-bond acceptors (Lipinski definition) is 5. The molecule has 2 aliphatic rings. The van der Waals surface area contributed by atoms with E-state index in [0.717, 1.165) is 22.7 Å². The minimum Gasteiger partial charge on any atom is -0.485 e. The normalized spacial score (nSPS) is 18.5. The van der Waals surface area contributed by atoms with E-state index < -0.39 is 0 Å². The minimum absolute atomic E-state index is 0.338. The molecule has 3 heterocycles. The Morgan fingerprint density at radius 3 is 3.00 bits per heavy atom. The quantitative estimate of drug-likeness (QED) is 0.814. The Hall–Kier alpha value is -1.82. The van der Waals surface area contributed by atoms with Crippen molar-refractivity contribution in [2.45, 2.75) is 25.8 Å². The summed E-state index contributed by atoms with van der Waals surface area (Å²) in [7, 11) is 0. The van der Waals surface area contributed by atoms with E-state index in [-0.39, 0.29) is 0 Å². The summed E-state index contributed by atoms with van der Waals surface area (Å²) in [6, 6.07) is 0.338. The van der Waals surface area contributed by atoms with Crippen molar-refractivity contribution >= 4 is 17.6 Å². The second-order valence-electron chi connectivity index (χ2n) is 5.56. The molecule has 0 saturated heterocycles. The molecule has 1 fully saturated rings. The van der Waals surface area contributed by atoms with Crippen LogP contribution in [0.4, 0.5) is 0 Å². The van der Waals surface area contributed by atoms with Crippen molar-refractivity contribution in [2.75, 3.05) is 13.2 Å². The first-order valence-electron chi connectivity index (χ1n) is 7.19. The average Bonchev–Trinajstić information content (AvgIpc) is 3.14. The van der Waals surface area contributed by atoms with Gasteiger partial charge in [-0.2, -0.15) is 5.10 Å². The number of thiophene rings is 1. The van der Waals surface area contributed by atoms with Crippen LogP contribution in [0.2, 0.25) is 0 Å². The summed E-state index contributed by atoms with van der Waals surface area (Å²) in [6.45, 7) is 3.26. The smallest absolute Gasteiger partial charge is 0.181 e. The van der Waals surface area contributed by atoms with Crippen LogP contribution in [-0.2, 0) is 0 Å². The van der Waals surface area contributed by atoms with Crippen molar-refractivity contribution in [1.82, 2.24) is 9.78 Å². The summed E-state index contributed by atoms with van der Waals surface area (Å²) in [4.78, 5) is 12.3. The lowest BCUT2D eigenvalue weighted by Gasteiger charge is -2.15. The fourth-order valence-electron chi connectivity index (χ4n) is 2.70. The molecule has 1 atom stereocenters. The van der Waals surface area contributed by atoms with E-state index >= 15 is 0 Å². The van der Waals surface area contributed by atoms with Crippen LogP contribution in [0.1, 0.15) is 36.2 Å². The van der Waals surface area contributed by atoms with E-state index in [9.17, 15) is 4.79 Å². The van der Waals surface area contributed by atoms with Gasteiger partial charge in [-0.25, -0.2) is 0 Å². The highest BCUT2D eigenvalue weighted by atomic mass is 32.1. The Kier molecular flexibility index (Phi) is 2.99. The van der Waals surface area contributed by atoms with E-state index in [1.54, 1.807) is 0 Å². The molecule has 0 aromatic carbocycles. The minimum atomic E-state index is 0.338. The lowest BCUT2D eigenvalue weighted by Crippen LogP contribution is -2.14. The zero-order valence-electron chi connectivity index (χ0n) is 11.7. The molecule has 5 nitrogen and oxygen atoms in total. The molecular formula is C15H16N2O3S. The topological polar surface area (TPSA) is 53.4 Å². The number of fused-ring (bicyclic) bond motifs is 1. The highest BCUT2D eigenvalue weighted by molar-refractivity contribution is 7.14. The predicted molar refractivity (Wildman–Crippen MR) is 79.4 cm³/mol. The van der Waals surface area contributed by atoms with Gasteiger partial charge in [-0.15, -0.1) is 11.3 Å². The molecule has 2 aromatic heterocycles. The number of ether oxygens (including phenoxy) is 2. The van der Waals surface area contributed by atoms with Crippen LogP contribution >= 0.6 is 11.3 Å². The lowest BCUT2D eigenvalue weighted by molar-refractivity contribution is 0.112. The summed E-state index contributed by atoms with van der Waals surface area (Å²) in [5, 5.41) is 6.57. The van der Waals surface area contributed by atoms with E-state index in [0.29, 0.717) is 36.4 Å². The largest absolute Gasteiger partial charge is 0.485 e. The highest BCUT2D eigenvalue weighted by Gasteiger charge is 2.31. The van der Waals surface area contributed by atoms with Gasteiger partial charge in [0.2, 0.25) is 0 Å². The predicted octanol–water partition coefficient (Wildman–Crippen LogP) is 3.17. The molecule has 0 N–H and O–H groups in total. The fraction of sp³-hybridized carbons (Fsp3) is 0.467. The van der Waals surface area contributed by atoms with Gasteiger partial charge in [0.05, 0.1) is 11.6 Å². The van der Waals surface area contributed by atoms with Gasteiger partial charge in [0.15, 0.2) is 17.8 Å². The lowest BCUT2D eigenvalue weighted by atomic mass is 10.2. The van der Waals surface area contributed by atoms with Gasteiger partial charge in [-0.1, -0.05) is 0 Å². The first-order chi connectivity index (χ1) is 10.3. The summed E-state index contributed by atoms with van der Waals surface area (Å²) in [5.74, 6) is 2.16. The molecule has 0 spiro atoms. The van der Waals surface area contributed by atoms with Crippen LogP contribution in [0.5, 0.6) is 11.5 Å². The number of aromatic nitrogens is 2. The van der Waals surface area contributed by atoms with Gasteiger partial charge in [0.1, 0.15) is 23.8 Å². The van der Waals surface area contributed by atoms with E-state index in [1.165, 1.54) is 24.2 Å².